The highest BCUT2D eigenvalue weighted by Gasteiger charge is 2.25. The lowest BCUT2D eigenvalue weighted by molar-refractivity contribution is 0.192. The van der Waals surface area contributed by atoms with Crippen molar-refractivity contribution in [2.75, 3.05) is 13.2 Å². The summed E-state index contributed by atoms with van der Waals surface area (Å²) in [5, 5.41) is 12.9. The fourth-order valence-corrected chi connectivity index (χ4v) is 3.55. The predicted molar refractivity (Wildman–Crippen MR) is 79.2 cm³/mol. The lowest BCUT2D eigenvalue weighted by Gasteiger charge is -2.17. The first-order valence-electron chi connectivity index (χ1n) is 7.64. The van der Waals surface area contributed by atoms with Gasteiger partial charge in [-0.1, -0.05) is 6.42 Å². The van der Waals surface area contributed by atoms with Crippen molar-refractivity contribution in [3.05, 3.63) is 23.0 Å². The van der Waals surface area contributed by atoms with Gasteiger partial charge in [0.1, 0.15) is 0 Å². The molecule has 108 valence electrons. The van der Waals surface area contributed by atoms with Crippen molar-refractivity contribution in [3.63, 3.8) is 0 Å². The zero-order valence-corrected chi connectivity index (χ0v) is 12.6. The van der Waals surface area contributed by atoms with Crippen LogP contribution in [0.2, 0.25) is 0 Å². The average Bonchev–Trinajstić information content (AvgIpc) is 2.95. The Kier molecular flexibility index (Phi) is 5.06. The molecule has 0 saturated heterocycles. The molecule has 2 rings (SSSR count). The largest absolute Gasteiger partial charge is 0.396 e. The normalized spacial score (nSPS) is 23.2. The van der Waals surface area contributed by atoms with Crippen molar-refractivity contribution < 1.29 is 5.11 Å². The molecule has 3 nitrogen and oxygen atoms in total. The number of nitrogens with one attached hydrogen (secondary N) is 1. The second-order valence-electron chi connectivity index (χ2n) is 5.91. The molecular weight excluding hydrogens is 236 g/mol. The van der Waals surface area contributed by atoms with Crippen LogP contribution >= 0.6 is 0 Å². The highest BCUT2D eigenvalue weighted by atomic mass is 16.3. The number of aliphatic hydroxyl groups excluding tert-OH is 1. The van der Waals surface area contributed by atoms with Crippen LogP contribution in [-0.2, 0) is 13.1 Å². The van der Waals surface area contributed by atoms with E-state index in [4.69, 9.17) is 0 Å². The lowest BCUT2D eigenvalue weighted by atomic mass is 9.97. The highest BCUT2D eigenvalue weighted by molar-refractivity contribution is 5.26. The fourth-order valence-electron chi connectivity index (χ4n) is 3.55. The second kappa shape index (κ2) is 6.58. The maximum atomic E-state index is 9.34. The highest BCUT2D eigenvalue weighted by Crippen LogP contribution is 2.30. The van der Waals surface area contributed by atoms with E-state index in [0.29, 0.717) is 18.4 Å². The first kappa shape index (κ1) is 14.6. The molecule has 1 aromatic heterocycles. The standard InChI is InChI=1S/C16H28N2O/c1-4-18-12(2)8-16(13(18)3)10-17-9-14-6-5-7-15(14)11-19/h8,14-15,17,19H,4-7,9-11H2,1-3H3. The summed E-state index contributed by atoms with van der Waals surface area (Å²) in [7, 11) is 0. The average molecular weight is 264 g/mol. The van der Waals surface area contributed by atoms with Crippen molar-refractivity contribution in [2.45, 2.75) is 53.1 Å². The van der Waals surface area contributed by atoms with Crippen LogP contribution in [0.15, 0.2) is 6.07 Å². The third kappa shape index (κ3) is 3.21. The van der Waals surface area contributed by atoms with Crippen molar-refractivity contribution in [1.29, 1.82) is 0 Å². The fraction of sp³-hybridized carbons (Fsp3) is 0.750. The molecule has 0 radical (unpaired) electrons. The summed E-state index contributed by atoms with van der Waals surface area (Å²) < 4.78 is 2.36. The molecule has 19 heavy (non-hydrogen) atoms. The van der Waals surface area contributed by atoms with Crippen LogP contribution in [0.3, 0.4) is 0 Å². The van der Waals surface area contributed by atoms with E-state index in [0.717, 1.165) is 19.6 Å². The molecule has 1 aliphatic carbocycles. The van der Waals surface area contributed by atoms with E-state index >= 15 is 0 Å². The van der Waals surface area contributed by atoms with Gasteiger partial charge in [0.2, 0.25) is 0 Å². The van der Waals surface area contributed by atoms with E-state index in [2.05, 4.69) is 36.7 Å². The summed E-state index contributed by atoms with van der Waals surface area (Å²) in [5.74, 6) is 1.19. The molecule has 1 aromatic rings. The van der Waals surface area contributed by atoms with Crippen LogP contribution in [0.25, 0.3) is 0 Å². The molecule has 2 N–H and O–H groups in total. The molecule has 0 aromatic carbocycles. The van der Waals surface area contributed by atoms with E-state index in [1.807, 2.05) is 0 Å². The molecular formula is C16H28N2O. The topological polar surface area (TPSA) is 37.2 Å². The molecule has 0 amide bonds. The van der Waals surface area contributed by atoms with Crippen LogP contribution in [0.5, 0.6) is 0 Å². The molecule has 1 saturated carbocycles. The SMILES string of the molecule is CCn1c(C)cc(CNCC2CCCC2CO)c1C. The summed E-state index contributed by atoms with van der Waals surface area (Å²) in [6, 6.07) is 2.30. The summed E-state index contributed by atoms with van der Waals surface area (Å²) in [4.78, 5) is 0. The molecule has 0 bridgehead atoms. The van der Waals surface area contributed by atoms with Gasteiger partial charge in [0.15, 0.2) is 0 Å². The van der Waals surface area contributed by atoms with Crippen LogP contribution in [-0.4, -0.2) is 22.8 Å². The molecule has 0 spiro atoms. The Morgan fingerprint density at radius 2 is 2.05 bits per heavy atom. The van der Waals surface area contributed by atoms with E-state index in [1.54, 1.807) is 0 Å². The van der Waals surface area contributed by atoms with Gasteiger partial charge in [-0.25, -0.2) is 0 Å². The van der Waals surface area contributed by atoms with E-state index in [-0.39, 0.29) is 0 Å². The summed E-state index contributed by atoms with van der Waals surface area (Å²) >= 11 is 0. The maximum Gasteiger partial charge on any atom is 0.0462 e. The first-order valence-corrected chi connectivity index (χ1v) is 7.64. The minimum absolute atomic E-state index is 0.358. The molecule has 1 aliphatic rings. The summed E-state index contributed by atoms with van der Waals surface area (Å²) in [6.07, 6.45) is 3.75. The third-order valence-corrected chi connectivity index (χ3v) is 4.77. The Balaban J connectivity index is 1.86. The van der Waals surface area contributed by atoms with Gasteiger partial charge in [0.05, 0.1) is 0 Å². The zero-order valence-electron chi connectivity index (χ0n) is 12.6. The predicted octanol–water partition coefficient (Wildman–Crippen LogP) is 2.62. The molecule has 1 fully saturated rings. The second-order valence-corrected chi connectivity index (χ2v) is 5.91. The van der Waals surface area contributed by atoms with Gasteiger partial charge in [-0.2, -0.15) is 0 Å². The van der Waals surface area contributed by atoms with Crippen molar-refractivity contribution in [3.8, 4) is 0 Å². The van der Waals surface area contributed by atoms with Crippen molar-refractivity contribution in [1.82, 2.24) is 9.88 Å². The van der Waals surface area contributed by atoms with Crippen LogP contribution < -0.4 is 5.32 Å². The molecule has 2 atom stereocenters. The Morgan fingerprint density at radius 3 is 2.68 bits per heavy atom. The van der Waals surface area contributed by atoms with Crippen molar-refractivity contribution >= 4 is 0 Å². The quantitative estimate of drug-likeness (QED) is 0.829. The van der Waals surface area contributed by atoms with Gasteiger partial charge in [0, 0.05) is 31.1 Å². The van der Waals surface area contributed by atoms with Gasteiger partial charge in [-0.15, -0.1) is 0 Å². The third-order valence-electron chi connectivity index (χ3n) is 4.77. The number of aryl methyl sites for hydroxylation is 1. The molecule has 2 unspecified atom stereocenters. The number of nitrogens with zero attached hydrogens (tertiary/aromatic N) is 1. The first-order chi connectivity index (χ1) is 9.17. The van der Waals surface area contributed by atoms with Crippen LogP contribution in [0.1, 0.15) is 43.1 Å². The number of aliphatic hydroxyl groups is 1. The van der Waals surface area contributed by atoms with Crippen LogP contribution in [0, 0.1) is 25.7 Å². The minimum Gasteiger partial charge on any atom is -0.396 e. The molecule has 3 heteroatoms. The van der Waals surface area contributed by atoms with Gasteiger partial charge >= 0.3 is 0 Å². The minimum atomic E-state index is 0.358. The number of hydrogen-bond acceptors (Lipinski definition) is 2. The van der Waals surface area contributed by atoms with Gasteiger partial charge < -0.3 is 15.0 Å². The van der Waals surface area contributed by atoms with E-state index < -0.39 is 0 Å². The number of rotatable bonds is 6. The summed E-state index contributed by atoms with van der Waals surface area (Å²) in [6.45, 7) is 9.98. The van der Waals surface area contributed by atoms with E-state index in [1.165, 1.54) is 36.2 Å². The Bertz CT molecular complexity index is 411. The van der Waals surface area contributed by atoms with Gasteiger partial charge in [-0.3, -0.25) is 0 Å². The number of aromatic nitrogens is 1. The Hall–Kier alpha value is -0.800. The summed E-state index contributed by atoms with van der Waals surface area (Å²) in [5.41, 5.74) is 4.15. The Morgan fingerprint density at radius 1 is 1.32 bits per heavy atom. The monoisotopic (exact) mass is 264 g/mol. The Labute approximate surface area is 117 Å². The zero-order chi connectivity index (χ0) is 13.8. The maximum absolute atomic E-state index is 9.34. The van der Waals surface area contributed by atoms with E-state index in [9.17, 15) is 5.11 Å². The lowest BCUT2D eigenvalue weighted by Crippen LogP contribution is -2.26. The van der Waals surface area contributed by atoms with Gasteiger partial charge in [0.25, 0.3) is 0 Å². The molecule has 0 aliphatic heterocycles. The van der Waals surface area contributed by atoms with Crippen molar-refractivity contribution in [2.24, 2.45) is 11.8 Å². The van der Waals surface area contributed by atoms with Gasteiger partial charge in [-0.05, 0) is 63.6 Å². The smallest absolute Gasteiger partial charge is 0.0462 e. The molecule has 1 heterocycles. The van der Waals surface area contributed by atoms with Crippen LogP contribution in [0.4, 0.5) is 0 Å². The number of hydrogen-bond donors (Lipinski definition) is 2.